The summed E-state index contributed by atoms with van der Waals surface area (Å²) in [5, 5.41) is 12.0. The van der Waals surface area contributed by atoms with Crippen molar-refractivity contribution in [2.75, 3.05) is 0 Å². The second kappa shape index (κ2) is 6.56. The van der Waals surface area contributed by atoms with Crippen molar-refractivity contribution < 1.29 is 0 Å². The van der Waals surface area contributed by atoms with Gasteiger partial charge in [-0.1, -0.05) is 57.9 Å². The van der Waals surface area contributed by atoms with Crippen molar-refractivity contribution in [3.05, 3.63) is 68.4 Å². The maximum Gasteiger partial charge on any atom is 0.216 e. The largest absolute Gasteiger partial charge is 0.250 e. The molecule has 0 bridgehead atoms. The third-order valence-electron chi connectivity index (χ3n) is 2.98. The molecule has 0 amide bonds. The summed E-state index contributed by atoms with van der Waals surface area (Å²) >= 11 is 14.9. The van der Waals surface area contributed by atoms with Crippen LogP contribution in [-0.4, -0.2) is 21.1 Å². The molecule has 22 heavy (non-hydrogen) atoms. The monoisotopic (exact) mass is 392 g/mol. The normalized spacial score (nSPS) is 11.2. The van der Waals surface area contributed by atoms with Crippen molar-refractivity contribution in [2.24, 2.45) is 5.10 Å². The molecule has 0 spiro atoms. The first-order chi connectivity index (χ1) is 10.7. The highest BCUT2D eigenvalue weighted by atomic mass is 79.9. The SMILES string of the molecule is S=c1[nH]nc(-c2ccccc2Cl)n1/N=C/c1ccccc1Br. The van der Waals surface area contributed by atoms with E-state index in [0.29, 0.717) is 15.6 Å². The third-order valence-corrected chi connectivity index (χ3v) is 4.30. The van der Waals surface area contributed by atoms with Crippen LogP contribution in [0.4, 0.5) is 0 Å². The van der Waals surface area contributed by atoms with Crippen LogP contribution in [0.3, 0.4) is 0 Å². The standard InChI is InChI=1S/C15H10BrClN4S/c16-12-7-3-1-5-10(12)9-18-21-14(19-20-15(21)22)11-6-2-4-8-13(11)17/h1-9H,(H,20,22)/b18-9+. The highest BCUT2D eigenvalue weighted by Gasteiger charge is 2.11. The molecule has 110 valence electrons. The Bertz CT molecular complexity index is 900. The molecule has 3 rings (SSSR count). The van der Waals surface area contributed by atoms with Crippen LogP contribution in [0.1, 0.15) is 5.56 Å². The first-order valence-electron chi connectivity index (χ1n) is 6.38. The van der Waals surface area contributed by atoms with E-state index in [2.05, 4.69) is 31.2 Å². The van der Waals surface area contributed by atoms with Gasteiger partial charge in [0.05, 0.1) is 11.2 Å². The van der Waals surface area contributed by atoms with Gasteiger partial charge in [0.1, 0.15) is 0 Å². The summed E-state index contributed by atoms with van der Waals surface area (Å²) in [4.78, 5) is 0. The van der Waals surface area contributed by atoms with Crippen LogP contribution in [0.15, 0.2) is 58.1 Å². The summed E-state index contributed by atoms with van der Waals surface area (Å²) in [5.41, 5.74) is 1.71. The average molecular weight is 394 g/mol. The lowest BCUT2D eigenvalue weighted by atomic mass is 10.2. The van der Waals surface area contributed by atoms with Crippen LogP contribution >= 0.6 is 39.7 Å². The number of nitrogens with one attached hydrogen (secondary N) is 1. The Morgan fingerprint density at radius 1 is 1.18 bits per heavy atom. The number of aromatic amines is 1. The van der Waals surface area contributed by atoms with E-state index in [-0.39, 0.29) is 0 Å². The summed E-state index contributed by atoms with van der Waals surface area (Å²) < 4.78 is 2.90. The fraction of sp³-hybridized carbons (Fsp3) is 0. The van der Waals surface area contributed by atoms with Crippen LogP contribution in [0.25, 0.3) is 11.4 Å². The van der Waals surface area contributed by atoms with E-state index in [1.54, 1.807) is 17.0 Å². The lowest BCUT2D eigenvalue weighted by molar-refractivity contribution is 0.871. The summed E-state index contributed by atoms with van der Waals surface area (Å²) in [7, 11) is 0. The van der Waals surface area contributed by atoms with E-state index in [1.165, 1.54) is 0 Å². The maximum atomic E-state index is 6.22. The van der Waals surface area contributed by atoms with Crippen molar-refractivity contribution in [2.45, 2.75) is 0 Å². The highest BCUT2D eigenvalue weighted by molar-refractivity contribution is 9.10. The van der Waals surface area contributed by atoms with E-state index < -0.39 is 0 Å². The molecule has 4 nitrogen and oxygen atoms in total. The van der Waals surface area contributed by atoms with Crippen LogP contribution in [0, 0.1) is 4.77 Å². The van der Waals surface area contributed by atoms with Crippen molar-refractivity contribution in [3.8, 4) is 11.4 Å². The molecule has 0 fully saturated rings. The number of nitrogens with zero attached hydrogens (tertiary/aromatic N) is 3. The highest BCUT2D eigenvalue weighted by Crippen LogP contribution is 2.26. The van der Waals surface area contributed by atoms with E-state index in [0.717, 1.165) is 15.6 Å². The zero-order chi connectivity index (χ0) is 15.5. The number of hydrogen-bond donors (Lipinski definition) is 1. The minimum atomic E-state index is 0.401. The predicted octanol–water partition coefficient (Wildman–Crippen LogP) is 4.91. The molecular formula is C15H10BrClN4S. The lowest BCUT2D eigenvalue weighted by Crippen LogP contribution is -1.95. The second-order valence-corrected chi connectivity index (χ2v) is 6.06. The molecule has 0 saturated carbocycles. The molecule has 0 atom stereocenters. The number of H-pyrrole nitrogens is 1. The second-order valence-electron chi connectivity index (χ2n) is 4.41. The van der Waals surface area contributed by atoms with E-state index in [1.807, 2.05) is 42.5 Å². The van der Waals surface area contributed by atoms with Crippen molar-refractivity contribution in [1.82, 2.24) is 14.9 Å². The Morgan fingerprint density at radius 2 is 1.91 bits per heavy atom. The summed E-state index contributed by atoms with van der Waals surface area (Å²) in [6.07, 6.45) is 1.72. The summed E-state index contributed by atoms with van der Waals surface area (Å²) in [6, 6.07) is 15.2. The van der Waals surface area contributed by atoms with E-state index in [9.17, 15) is 0 Å². The molecule has 0 aliphatic carbocycles. The molecule has 1 aromatic heterocycles. The molecule has 1 N–H and O–H groups in total. The fourth-order valence-corrected chi connectivity index (χ4v) is 2.70. The summed E-state index contributed by atoms with van der Waals surface area (Å²) in [5.74, 6) is 0.568. The van der Waals surface area contributed by atoms with Gasteiger partial charge in [0.25, 0.3) is 0 Å². The molecule has 1 heterocycles. The molecule has 7 heteroatoms. The van der Waals surface area contributed by atoms with Crippen molar-refractivity contribution in [1.29, 1.82) is 0 Å². The molecule has 0 aliphatic rings. The van der Waals surface area contributed by atoms with Gasteiger partial charge in [0.15, 0.2) is 5.82 Å². The lowest BCUT2D eigenvalue weighted by Gasteiger charge is -2.03. The minimum Gasteiger partial charge on any atom is -0.250 e. The first kappa shape index (κ1) is 15.1. The van der Waals surface area contributed by atoms with Crippen molar-refractivity contribution >= 4 is 46.0 Å². The molecule has 0 radical (unpaired) electrons. The smallest absolute Gasteiger partial charge is 0.216 e. The van der Waals surface area contributed by atoms with E-state index in [4.69, 9.17) is 23.8 Å². The third kappa shape index (κ3) is 3.04. The van der Waals surface area contributed by atoms with Crippen molar-refractivity contribution in [3.63, 3.8) is 0 Å². The van der Waals surface area contributed by atoms with Gasteiger partial charge in [0, 0.05) is 15.6 Å². The number of aromatic nitrogens is 3. The van der Waals surface area contributed by atoms with Crippen LogP contribution < -0.4 is 0 Å². The van der Waals surface area contributed by atoms with Gasteiger partial charge in [-0.25, -0.2) is 5.10 Å². The minimum absolute atomic E-state index is 0.401. The van der Waals surface area contributed by atoms with Gasteiger partial charge in [-0.3, -0.25) is 0 Å². The first-order valence-corrected chi connectivity index (χ1v) is 7.96. The zero-order valence-corrected chi connectivity index (χ0v) is 14.4. The molecule has 0 saturated heterocycles. The van der Waals surface area contributed by atoms with Crippen LogP contribution in [0.5, 0.6) is 0 Å². The fourth-order valence-electron chi connectivity index (χ4n) is 1.92. The Hall–Kier alpha value is -1.76. The number of benzene rings is 2. The molecular weight excluding hydrogens is 384 g/mol. The predicted molar refractivity (Wildman–Crippen MR) is 95.0 cm³/mol. The van der Waals surface area contributed by atoms with Gasteiger partial charge in [0.2, 0.25) is 4.77 Å². The Labute approximate surface area is 145 Å². The molecule has 0 unspecified atom stereocenters. The molecule has 0 aliphatic heterocycles. The Balaban J connectivity index is 2.06. The number of halogens is 2. The molecule has 2 aromatic carbocycles. The van der Waals surface area contributed by atoms with E-state index >= 15 is 0 Å². The quantitative estimate of drug-likeness (QED) is 0.508. The van der Waals surface area contributed by atoms with Gasteiger partial charge >= 0.3 is 0 Å². The Morgan fingerprint density at radius 3 is 2.68 bits per heavy atom. The van der Waals surface area contributed by atoms with Gasteiger partial charge in [-0.15, -0.1) is 0 Å². The number of hydrogen-bond acceptors (Lipinski definition) is 3. The number of rotatable bonds is 3. The Kier molecular flexibility index (Phi) is 4.52. The van der Waals surface area contributed by atoms with Crippen LogP contribution in [0.2, 0.25) is 5.02 Å². The maximum absolute atomic E-state index is 6.22. The summed E-state index contributed by atoms with van der Waals surface area (Å²) in [6.45, 7) is 0. The molecule has 3 aromatic rings. The van der Waals surface area contributed by atoms with Crippen LogP contribution in [-0.2, 0) is 0 Å². The van der Waals surface area contributed by atoms with Gasteiger partial charge in [-0.05, 0) is 30.4 Å². The topological polar surface area (TPSA) is 46.0 Å². The van der Waals surface area contributed by atoms with Gasteiger partial charge < -0.3 is 0 Å². The zero-order valence-electron chi connectivity index (χ0n) is 11.2. The van der Waals surface area contributed by atoms with Gasteiger partial charge in [-0.2, -0.15) is 14.9 Å². The average Bonchev–Trinajstić information content (AvgIpc) is 2.88.